The van der Waals surface area contributed by atoms with E-state index in [1.54, 1.807) is 12.1 Å². The second-order valence-electron chi connectivity index (χ2n) is 2.55. The summed E-state index contributed by atoms with van der Waals surface area (Å²) in [5, 5.41) is 0. The van der Waals surface area contributed by atoms with Crippen LogP contribution in [0.1, 0.15) is 0 Å². The second-order valence-corrected chi connectivity index (χ2v) is 6.62. The third-order valence-corrected chi connectivity index (χ3v) is 5.62. The monoisotopic (exact) mass is 257 g/mol. The van der Waals surface area contributed by atoms with Gasteiger partial charge in [-0.15, -0.1) is 0 Å². The molecule has 0 N–H and O–H groups in total. The molecule has 76 valence electrons. The number of nitrogens with zero attached hydrogens (tertiary/aromatic N) is 3. The number of hydrogen-bond acceptors (Lipinski definition) is 5. The van der Waals surface area contributed by atoms with E-state index < -0.39 is 7.43 Å². The Morgan fingerprint density at radius 2 is 2.07 bits per heavy atom. The highest BCUT2D eigenvalue weighted by Crippen LogP contribution is 2.56. The summed E-state index contributed by atoms with van der Waals surface area (Å²) in [4.78, 5) is 11.0. The van der Waals surface area contributed by atoms with E-state index in [4.69, 9.17) is 4.52 Å². The Bertz CT molecular complexity index is 472. The predicted octanol–water partition coefficient (Wildman–Crippen LogP) is 4.39. The van der Waals surface area contributed by atoms with Gasteiger partial charge in [0.15, 0.2) is 17.0 Å². The Morgan fingerprint density at radius 1 is 1.27 bits per heavy atom. The average Bonchev–Trinajstić information content (AvgIpc) is 2.32. The summed E-state index contributed by atoms with van der Waals surface area (Å²) in [6, 6.07) is 9.78. The topological polar surface area (TPSA) is 63.4 Å². The summed E-state index contributed by atoms with van der Waals surface area (Å²) in [5.74, 6) is 0.609. The first-order valence-electron chi connectivity index (χ1n) is 3.99. The molecule has 0 aliphatic carbocycles. The summed E-state index contributed by atoms with van der Waals surface area (Å²) in [7, 11) is -1.61. The van der Waals surface area contributed by atoms with E-state index in [0.29, 0.717) is 28.8 Å². The summed E-state index contributed by atoms with van der Waals surface area (Å²) < 4.78 is 17.4. The zero-order chi connectivity index (χ0) is 10.6. The maximum atomic E-state index is 11.0. The van der Waals surface area contributed by atoms with Crippen molar-refractivity contribution in [1.82, 2.24) is 0 Å². The molecule has 1 aliphatic heterocycles. The standard InChI is InChI=1S/C7H6N3O2P3/c11-6-15(9-13-8-14-10-15)12-7-4-2-1-3-5-7/h1-6H. The van der Waals surface area contributed by atoms with Crippen LogP contribution in [0.3, 0.4) is 0 Å². The minimum absolute atomic E-state index is 0.516. The quantitative estimate of drug-likeness (QED) is 0.595. The van der Waals surface area contributed by atoms with Gasteiger partial charge in [-0.3, -0.25) is 4.79 Å². The smallest absolute Gasteiger partial charge is 0.325 e. The molecule has 0 amide bonds. The van der Waals surface area contributed by atoms with Gasteiger partial charge < -0.3 is 4.52 Å². The molecule has 1 aliphatic rings. The molecule has 1 aromatic carbocycles. The molecule has 1 heterocycles. The van der Waals surface area contributed by atoms with Crippen molar-refractivity contribution < 1.29 is 9.32 Å². The van der Waals surface area contributed by atoms with E-state index in [1.807, 2.05) is 18.2 Å². The molecule has 5 nitrogen and oxygen atoms in total. The Balaban J connectivity index is 2.31. The molecule has 8 heteroatoms. The number of carbonyl (C=O) groups is 1. The first kappa shape index (κ1) is 10.6. The summed E-state index contributed by atoms with van der Waals surface area (Å²) in [6.07, 6.45) is 0. The fourth-order valence-electron chi connectivity index (χ4n) is 0.923. The van der Waals surface area contributed by atoms with E-state index in [0.717, 1.165) is 0 Å². The van der Waals surface area contributed by atoms with Crippen LogP contribution in [0.15, 0.2) is 43.9 Å². The molecule has 0 fully saturated rings. The van der Waals surface area contributed by atoms with Gasteiger partial charge in [0.2, 0.25) is 6.03 Å². The van der Waals surface area contributed by atoms with Crippen LogP contribution in [0, 0.1) is 0 Å². The molecular formula is C7H6N3O2P3. The summed E-state index contributed by atoms with van der Waals surface area (Å²) in [6.45, 7) is 0. The Kier molecular flexibility index (Phi) is 3.37. The lowest BCUT2D eigenvalue weighted by molar-refractivity contribution is 0.557. The number of rotatable bonds is 3. The zero-order valence-electron chi connectivity index (χ0n) is 7.46. The SMILES string of the molecule is O=CP1(Oc2ccccc2)=NP=NP=N1. The molecule has 0 bridgehead atoms. The Morgan fingerprint density at radius 3 is 2.67 bits per heavy atom. The zero-order valence-corrected chi connectivity index (χ0v) is 10.1. The van der Waals surface area contributed by atoms with Crippen LogP contribution in [-0.4, -0.2) is 6.03 Å². The number of hydrogen-bond donors (Lipinski definition) is 0. The number of carbonyl (C=O) groups excluding carboxylic acids is 1. The van der Waals surface area contributed by atoms with Crippen molar-refractivity contribution in [3.8, 4) is 5.75 Å². The average molecular weight is 257 g/mol. The van der Waals surface area contributed by atoms with Crippen LogP contribution in [0.5, 0.6) is 5.75 Å². The van der Waals surface area contributed by atoms with Crippen molar-refractivity contribution >= 4 is 30.5 Å². The maximum Gasteiger partial charge on any atom is 0.325 e. The lowest BCUT2D eigenvalue weighted by Gasteiger charge is -2.13. The van der Waals surface area contributed by atoms with E-state index in [9.17, 15) is 4.79 Å². The highest BCUT2D eigenvalue weighted by molar-refractivity contribution is 7.80. The molecule has 0 saturated heterocycles. The van der Waals surface area contributed by atoms with Crippen LogP contribution in [0.2, 0.25) is 0 Å². The maximum absolute atomic E-state index is 11.0. The van der Waals surface area contributed by atoms with Gasteiger partial charge in [-0.2, -0.15) is 13.5 Å². The number of para-hydroxylation sites is 1. The molecule has 1 atom stereocenters. The van der Waals surface area contributed by atoms with Gasteiger partial charge in [0.05, 0.1) is 0 Å². The van der Waals surface area contributed by atoms with Crippen LogP contribution >= 0.6 is 24.5 Å². The minimum atomic E-state index is -2.64. The van der Waals surface area contributed by atoms with Gasteiger partial charge in [0.1, 0.15) is 5.75 Å². The normalized spacial score (nSPS) is 25.3. The lowest BCUT2D eigenvalue weighted by atomic mass is 10.3. The van der Waals surface area contributed by atoms with Gasteiger partial charge in [-0.05, 0) is 12.1 Å². The van der Waals surface area contributed by atoms with Crippen molar-refractivity contribution in [2.45, 2.75) is 0 Å². The molecule has 0 saturated carbocycles. The Hall–Kier alpha value is -0.880. The van der Waals surface area contributed by atoms with Crippen molar-refractivity contribution in [2.75, 3.05) is 0 Å². The van der Waals surface area contributed by atoms with E-state index >= 15 is 0 Å². The molecule has 15 heavy (non-hydrogen) atoms. The van der Waals surface area contributed by atoms with Gasteiger partial charge in [0, 0.05) is 0 Å². The molecule has 0 radical (unpaired) electrons. The molecule has 1 aromatic rings. The van der Waals surface area contributed by atoms with E-state index in [2.05, 4.69) is 13.5 Å². The number of benzene rings is 1. The second kappa shape index (κ2) is 4.76. The van der Waals surface area contributed by atoms with Crippen LogP contribution in [-0.2, 0) is 4.79 Å². The minimum Gasteiger partial charge on any atom is -0.436 e. The fourth-order valence-corrected chi connectivity index (χ4v) is 4.48. The first-order valence-corrected chi connectivity index (χ1v) is 7.27. The molecule has 2 rings (SSSR count). The van der Waals surface area contributed by atoms with E-state index in [-0.39, 0.29) is 0 Å². The highest BCUT2D eigenvalue weighted by Gasteiger charge is 2.21. The molecule has 0 spiro atoms. The van der Waals surface area contributed by atoms with E-state index in [1.165, 1.54) is 0 Å². The third-order valence-electron chi connectivity index (χ3n) is 1.54. The summed E-state index contributed by atoms with van der Waals surface area (Å²) in [5.41, 5.74) is 0. The van der Waals surface area contributed by atoms with Crippen molar-refractivity contribution in [1.29, 1.82) is 0 Å². The van der Waals surface area contributed by atoms with Crippen LogP contribution in [0.25, 0.3) is 0 Å². The van der Waals surface area contributed by atoms with Crippen LogP contribution in [0.4, 0.5) is 0 Å². The van der Waals surface area contributed by atoms with Gasteiger partial charge in [-0.25, -0.2) is 0 Å². The van der Waals surface area contributed by atoms with Crippen molar-refractivity contribution in [3.63, 3.8) is 0 Å². The Labute approximate surface area is 89.9 Å². The van der Waals surface area contributed by atoms with Gasteiger partial charge in [0.25, 0.3) is 0 Å². The molecule has 0 aromatic heterocycles. The van der Waals surface area contributed by atoms with Crippen LogP contribution < -0.4 is 4.52 Å². The van der Waals surface area contributed by atoms with Gasteiger partial charge in [-0.1, -0.05) is 18.2 Å². The third kappa shape index (κ3) is 2.57. The van der Waals surface area contributed by atoms with Crippen molar-refractivity contribution in [3.05, 3.63) is 30.3 Å². The summed E-state index contributed by atoms with van der Waals surface area (Å²) >= 11 is 0. The first-order chi connectivity index (χ1) is 7.35. The molecular weight excluding hydrogens is 251 g/mol. The lowest BCUT2D eigenvalue weighted by Crippen LogP contribution is -1.90. The van der Waals surface area contributed by atoms with Crippen molar-refractivity contribution in [2.24, 2.45) is 13.5 Å². The van der Waals surface area contributed by atoms with Gasteiger partial charge >= 0.3 is 7.43 Å². The molecule has 1 unspecified atom stereocenters. The largest absolute Gasteiger partial charge is 0.436 e. The highest BCUT2D eigenvalue weighted by atomic mass is 31.2. The predicted molar refractivity (Wildman–Crippen MR) is 61.9 cm³/mol. The fraction of sp³-hybridized carbons (Fsp3) is 0.